The number of carboxylic acids is 1. The summed E-state index contributed by atoms with van der Waals surface area (Å²) in [5.74, 6) is 0.774. The van der Waals surface area contributed by atoms with E-state index in [0.29, 0.717) is 35.3 Å². The summed E-state index contributed by atoms with van der Waals surface area (Å²) in [4.78, 5) is 10.6. The molecule has 0 amide bonds. The van der Waals surface area contributed by atoms with Gasteiger partial charge in [0.25, 0.3) is 11.3 Å². The molecule has 3 aliphatic rings. The molecule has 5 atom stereocenters. The summed E-state index contributed by atoms with van der Waals surface area (Å²) in [6, 6.07) is 5.59. The Morgan fingerprint density at radius 1 is 1.31 bits per heavy atom. The SMILES string of the molecule is CC1(C)[C@H]2CC(NS(=O)Oc3ccc(F)cc3)C(CC=CCCCC(=O)O)[C@@H]1C2. The van der Waals surface area contributed by atoms with E-state index in [1.54, 1.807) is 0 Å². The van der Waals surface area contributed by atoms with Crippen molar-refractivity contribution in [2.75, 3.05) is 0 Å². The second-order valence-corrected chi connectivity index (χ2v) is 9.62. The number of allylic oxidation sites excluding steroid dienone is 2. The van der Waals surface area contributed by atoms with E-state index in [0.717, 1.165) is 19.3 Å². The molecule has 0 aliphatic heterocycles. The monoisotopic (exact) mass is 423 g/mol. The molecule has 3 saturated carbocycles. The maximum absolute atomic E-state index is 13.0. The fourth-order valence-corrected chi connectivity index (χ4v) is 5.73. The van der Waals surface area contributed by atoms with Crippen LogP contribution in [0.1, 0.15) is 52.4 Å². The molecule has 3 unspecified atom stereocenters. The van der Waals surface area contributed by atoms with Crippen molar-refractivity contribution in [1.29, 1.82) is 0 Å². The third kappa shape index (κ3) is 5.45. The number of fused-ring (bicyclic) bond motifs is 2. The first-order valence-electron chi connectivity index (χ1n) is 10.3. The number of benzene rings is 1. The summed E-state index contributed by atoms with van der Waals surface area (Å²) in [5, 5.41) is 8.72. The number of halogens is 1. The minimum absolute atomic E-state index is 0.0942. The Bertz CT molecular complexity index is 765. The van der Waals surface area contributed by atoms with Crippen LogP contribution in [0.2, 0.25) is 0 Å². The molecule has 2 bridgehead atoms. The molecule has 2 N–H and O–H groups in total. The number of hydrogen-bond donors (Lipinski definition) is 2. The maximum atomic E-state index is 13.0. The van der Waals surface area contributed by atoms with Crippen molar-refractivity contribution in [3.05, 3.63) is 42.2 Å². The number of nitrogens with one attached hydrogen (secondary N) is 1. The molecule has 1 aromatic carbocycles. The molecular formula is C22H30FNO4S. The highest BCUT2D eigenvalue weighted by atomic mass is 32.2. The third-order valence-corrected chi connectivity index (χ3v) is 7.53. The Morgan fingerprint density at radius 3 is 2.69 bits per heavy atom. The van der Waals surface area contributed by atoms with E-state index >= 15 is 0 Å². The molecule has 0 aromatic heterocycles. The van der Waals surface area contributed by atoms with E-state index in [4.69, 9.17) is 9.29 Å². The fourth-order valence-electron chi connectivity index (χ4n) is 4.88. The zero-order valence-corrected chi connectivity index (χ0v) is 17.8. The fraction of sp³-hybridized carbons (Fsp3) is 0.591. The van der Waals surface area contributed by atoms with Gasteiger partial charge in [-0.25, -0.2) is 9.11 Å². The van der Waals surface area contributed by atoms with Crippen LogP contribution in [0.5, 0.6) is 5.75 Å². The predicted octanol–water partition coefficient (Wildman–Crippen LogP) is 4.62. The predicted molar refractivity (Wildman–Crippen MR) is 111 cm³/mol. The van der Waals surface area contributed by atoms with E-state index in [9.17, 15) is 13.4 Å². The van der Waals surface area contributed by atoms with E-state index in [1.165, 1.54) is 30.7 Å². The van der Waals surface area contributed by atoms with Gasteiger partial charge in [-0.05, 0) is 79.5 Å². The highest BCUT2D eigenvalue weighted by Crippen LogP contribution is 2.62. The number of carbonyl (C=O) groups is 1. The molecule has 0 saturated heterocycles. The molecule has 0 spiro atoms. The van der Waals surface area contributed by atoms with Crippen LogP contribution in [-0.2, 0) is 16.1 Å². The number of hydrogen-bond acceptors (Lipinski definition) is 3. The van der Waals surface area contributed by atoms with Gasteiger partial charge in [0.05, 0.1) is 0 Å². The van der Waals surface area contributed by atoms with Crippen LogP contribution in [0.4, 0.5) is 4.39 Å². The van der Waals surface area contributed by atoms with Crippen molar-refractivity contribution in [3.8, 4) is 5.75 Å². The van der Waals surface area contributed by atoms with Crippen LogP contribution < -0.4 is 8.91 Å². The lowest BCUT2D eigenvalue weighted by Gasteiger charge is -2.62. The van der Waals surface area contributed by atoms with Gasteiger partial charge in [0, 0.05) is 12.5 Å². The van der Waals surface area contributed by atoms with Gasteiger partial charge < -0.3 is 9.29 Å². The Morgan fingerprint density at radius 2 is 2.03 bits per heavy atom. The molecule has 3 fully saturated rings. The molecule has 0 heterocycles. The summed E-state index contributed by atoms with van der Waals surface area (Å²) < 4.78 is 34.1. The number of rotatable bonds is 10. The first-order chi connectivity index (χ1) is 13.8. The average Bonchev–Trinajstić information content (AvgIpc) is 2.66. The topological polar surface area (TPSA) is 75.6 Å². The number of carboxylic acid groups (broad SMARTS) is 1. The second kappa shape index (κ2) is 9.39. The summed E-state index contributed by atoms with van der Waals surface area (Å²) in [5.41, 5.74) is 0.291. The molecule has 7 heteroatoms. The standard InChI is InChI=1S/C22H30FNO4S/c1-22(2)15-13-19(22)18(7-5-3-4-6-8-21(25)26)20(14-15)24-29(27)28-17-11-9-16(23)10-12-17/h3,5,9-12,15,18-20,24H,4,6-8,13-14H2,1-2H3,(H,25,26)/t15-,18?,19+,20?,29?/m1/s1. The van der Waals surface area contributed by atoms with Gasteiger partial charge in [0.1, 0.15) is 11.6 Å². The van der Waals surface area contributed by atoms with Crippen LogP contribution in [0.15, 0.2) is 36.4 Å². The first kappa shape index (κ1) is 22.0. The third-order valence-electron chi connectivity index (χ3n) is 6.69. The Kier molecular flexibility index (Phi) is 7.11. The lowest BCUT2D eigenvalue weighted by atomic mass is 9.44. The summed E-state index contributed by atoms with van der Waals surface area (Å²) in [6.45, 7) is 4.63. The largest absolute Gasteiger partial charge is 0.481 e. The minimum atomic E-state index is -1.69. The Hall–Kier alpha value is -1.73. The van der Waals surface area contributed by atoms with Crippen LogP contribution in [0.3, 0.4) is 0 Å². The number of aliphatic carboxylic acids is 1. The van der Waals surface area contributed by atoms with Crippen molar-refractivity contribution >= 4 is 17.2 Å². The molecular weight excluding hydrogens is 393 g/mol. The van der Waals surface area contributed by atoms with Crippen molar-refractivity contribution in [2.45, 2.75) is 58.4 Å². The zero-order chi connectivity index (χ0) is 21.0. The molecule has 0 radical (unpaired) electrons. The quantitative estimate of drug-likeness (QED) is 0.425. The minimum Gasteiger partial charge on any atom is -0.481 e. The highest BCUT2D eigenvalue weighted by Gasteiger charge is 2.57. The summed E-state index contributed by atoms with van der Waals surface area (Å²) >= 11 is -1.69. The summed E-state index contributed by atoms with van der Waals surface area (Å²) in [7, 11) is 0. The Labute approximate surface area is 174 Å². The lowest BCUT2D eigenvalue weighted by Crippen LogP contribution is -2.61. The summed E-state index contributed by atoms with van der Waals surface area (Å²) in [6.07, 6.45) is 8.82. The molecule has 1 aromatic rings. The van der Waals surface area contributed by atoms with E-state index < -0.39 is 17.2 Å². The Balaban J connectivity index is 1.57. The van der Waals surface area contributed by atoms with Gasteiger partial charge in [-0.1, -0.05) is 26.0 Å². The molecule has 160 valence electrons. The second-order valence-electron chi connectivity index (χ2n) is 8.75. The van der Waals surface area contributed by atoms with Crippen molar-refractivity contribution in [3.63, 3.8) is 0 Å². The van der Waals surface area contributed by atoms with Gasteiger partial charge in [-0.2, -0.15) is 4.21 Å². The van der Waals surface area contributed by atoms with E-state index in [2.05, 4.69) is 30.7 Å². The zero-order valence-electron chi connectivity index (χ0n) is 17.0. The normalized spacial score (nSPS) is 28.7. The molecule has 29 heavy (non-hydrogen) atoms. The smallest absolute Gasteiger partial charge is 0.303 e. The van der Waals surface area contributed by atoms with Crippen LogP contribution in [0.25, 0.3) is 0 Å². The van der Waals surface area contributed by atoms with Crippen molar-refractivity contribution in [2.24, 2.45) is 23.2 Å². The maximum Gasteiger partial charge on any atom is 0.303 e. The van der Waals surface area contributed by atoms with Gasteiger partial charge in [0.15, 0.2) is 0 Å². The van der Waals surface area contributed by atoms with Gasteiger partial charge in [0.2, 0.25) is 0 Å². The van der Waals surface area contributed by atoms with Gasteiger partial charge >= 0.3 is 5.97 Å². The molecule has 5 nitrogen and oxygen atoms in total. The first-order valence-corrected chi connectivity index (χ1v) is 11.3. The molecule has 4 rings (SSSR count). The lowest BCUT2D eigenvalue weighted by molar-refractivity contribution is -0.137. The van der Waals surface area contributed by atoms with Crippen LogP contribution in [0, 0.1) is 29.0 Å². The average molecular weight is 424 g/mol. The molecule has 3 aliphatic carbocycles. The van der Waals surface area contributed by atoms with Gasteiger partial charge in [-0.3, -0.25) is 4.79 Å². The van der Waals surface area contributed by atoms with Crippen molar-refractivity contribution in [1.82, 2.24) is 4.72 Å². The van der Waals surface area contributed by atoms with Crippen molar-refractivity contribution < 1.29 is 22.7 Å². The van der Waals surface area contributed by atoms with Gasteiger partial charge in [-0.15, -0.1) is 0 Å². The van der Waals surface area contributed by atoms with E-state index in [1.807, 2.05) is 0 Å². The highest BCUT2D eigenvalue weighted by molar-refractivity contribution is 7.78. The van der Waals surface area contributed by atoms with E-state index in [-0.39, 0.29) is 18.3 Å². The van der Waals surface area contributed by atoms with Crippen LogP contribution in [-0.4, -0.2) is 21.3 Å². The number of unbranched alkanes of at least 4 members (excludes halogenated alkanes) is 1. The van der Waals surface area contributed by atoms with Crippen LogP contribution >= 0.6 is 0 Å².